The van der Waals surface area contributed by atoms with E-state index in [2.05, 4.69) is 27.5 Å². The summed E-state index contributed by atoms with van der Waals surface area (Å²) < 4.78 is 0. The summed E-state index contributed by atoms with van der Waals surface area (Å²) in [6.45, 7) is 9.25. The maximum absolute atomic E-state index is 13.5. The lowest BCUT2D eigenvalue weighted by molar-refractivity contribution is -0.144. The van der Waals surface area contributed by atoms with Gasteiger partial charge in [0.1, 0.15) is 24.4 Å². The molecule has 4 amide bonds. The van der Waals surface area contributed by atoms with Gasteiger partial charge in [-0.3, -0.25) is 24.0 Å². The normalized spacial score (nSPS) is 17.4. The molecular formula is C31H42N6O7. The largest absolute Gasteiger partial charge is 0.481 e. The number of likely N-dealkylation sites (tertiary alicyclic amines) is 1. The summed E-state index contributed by atoms with van der Waals surface area (Å²) in [4.78, 5) is 80.2. The number of nitrogens with zero attached hydrogens (tertiary/aromatic N) is 1. The molecule has 0 saturated carbocycles. The number of rotatable bonds is 15. The molecule has 7 N–H and O–H groups in total. The zero-order valence-electron chi connectivity index (χ0n) is 25.3. The van der Waals surface area contributed by atoms with Crippen LogP contribution in [0.2, 0.25) is 0 Å². The number of para-hydroxylation sites is 1. The highest BCUT2D eigenvalue weighted by molar-refractivity contribution is 5.96. The summed E-state index contributed by atoms with van der Waals surface area (Å²) in [5, 5.41) is 18.0. The first-order valence-corrected chi connectivity index (χ1v) is 14.7. The summed E-state index contributed by atoms with van der Waals surface area (Å²) >= 11 is 0. The average molecular weight is 611 g/mol. The van der Waals surface area contributed by atoms with E-state index >= 15 is 0 Å². The number of carbonyl (C=O) groups is 6. The van der Waals surface area contributed by atoms with Gasteiger partial charge in [0.2, 0.25) is 23.6 Å². The fourth-order valence-electron chi connectivity index (χ4n) is 5.35. The Bertz CT molecular complexity index is 1400. The van der Waals surface area contributed by atoms with Crippen LogP contribution in [0, 0.1) is 5.92 Å². The molecule has 0 aliphatic carbocycles. The maximum atomic E-state index is 13.5. The topological polar surface area (TPSA) is 204 Å². The third-order valence-electron chi connectivity index (χ3n) is 7.59. The number of aldehydes is 1. The molecule has 1 aromatic carbocycles. The lowest BCUT2D eigenvalue weighted by atomic mass is 10.0. The number of carbonyl (C=O) groups excluding carboxylic acids is 5. The Labute approximate surface area is 256 Å². The first kappa shape index (κ1) is 34.0. The molecule has 13 heteroatoms. The monoisotopic (exact) mass is 610 g/mol. The third kappa shape index (κ3) is 8.75. The maximum Gasteiger partial charge on any atom is 0.305 e. The van der Waals surface area contributed by atoms with Crippen LogP contribution in [0.15, 0.2) is 42.6 Å². The van der Waals surface area contributed by atoms with Gasteiger partial charge < -0.3 is 41.5 Å². The van der Waals surface area contributed by atoms with Gasteiger partial charge in [-0.25, -0.2) is 0 Å². The number of aromatic nitrogens is 1. The molecular weight excluding hydrogens is 568 g/mol. The Kier molecular flexibility index (Phi) is 11.8. The number of hydrogen-bond acceptors (Lipinski definition) is 7. The number of fused-ring (bicyclic) bond motifs is 1. The molecule has 0 bridgehead atoms. The molecule has 2 heterocycles. The Morgan fingerprint density at radius 3 is 2.45 bits per heavy atom. The molecule has 5 atom stereocenters. The molecule has 0 spiro atoms. The van der Waals surface area contributed by atoms with Crippen molar-refractivity contribution >= 4 is 46.8 Å². The van der Waals surface area contributed by atoms with E-state index in [-0.39, 0.29) is 19.4 Å². The highest BCUT2D eigenvalue weighted by atomic mass is 16.4. The SMILES string of the molecule is C=C(C)CC(NC(=O)C(NC(=O)C1CCCN1C(=O)C(N)CC(=O)O)C(C)C)C(=O)NC(C=O)Cc1c[nH]c2ccccc12. The molecule has 1 aliphatic rings. The number of carboxylic acids is 1. The molecule has 3 rings (SSSR count). The summed E-state index contributed by atoms with van der Waals surface area (Å²) in [5.74, 6) is -4.04. The number of amides is 4. The third-order valence-corrected chi connectivity index (χ3v) is 7.59. The number of benzene rings is 1. The summed E-state index contributed by atoms with van der Waals surface area (Å²) in [6, 6.07) is 2.41. The fraction of sp³-hybridized carbons (Fsp3) is 0.484. The van der Waals surface area contributed by atoms with Crippen molar-refractivity contribution in [3.8, 4) is 0 Å². The van der Waals surface area contributed by atoms with Crippen LogP contribution in [-0.4, -0.2) is 87.6 Å². The van der Waals surface area contributed by atoms with E-state index in [9.17, 15) is 28.8 Å². The van der Waals surface area contributed by atoms with Crippen molar-refractivity contribution in [1.29, 1.82) is 0 Å². The zero-order valence-corrected chi connectivity index (χ0v) is 25.3. The zero-order chi connectivity index (χ0) is 32.6. The number of nitrogens with one attached hydrogen (secondary N) is 4. The molecule has 1 saturated heterocycles. The van der Waals surface area contributed by atoms with Gasteiger partial charge >= 0.3 is 5.97 Å². The highest BCUT2D eigenvalue weighted by Crippen LogP contribution is 2.21. The van der Waals surface area contributed by atoms with Crippen LogP contribution in [0.3, 0.4) is 0 Å². The van der Waals surface area contributed by atoms with E-state index < -0.39 is 72.1 Å². The van der Waals surface area contributed by atoms with Crippen molar-refractivity contribution in [1.82, 2.24) is 25.8 Å². The molecule has 13 nitrogen and oxygen atoms in total. The lowest BCUT2D eigenvalue weighted by Crippen LogP contribution is -2.59. The van der Waals surface area contributed by atoms with Gasteiger partial charge in [0, 0.05) is 30.1 Å². The number of carboxylic acid groups (broad SMARTS) is 1. The Balaban J connectivity index is 1.69. The molecule has 2 aromatic rings. The quantitative estimate of drug-likeness (QED) is 0.125. The van der Waals surface area contributed by atoms with Crippen molar-refractivity contribution in [3.63, 3.8) is 0 Å². The molecule has 5 unspecified atom stereocenters. The van der Waals surface area contributed by atoms with Crippen LogP contribution in [0.1, 0.15) is 52.0 Å². The van der Waals surface area contributed by atoms with E-state index in [4.69, 9.17) is 10.8 Å². The van der Waals surface area contributed by atoms with Crippen LogP contribution >= 0.6 is 0 Å². The second kappa shape index (κ2) is 15.3. The van der Waals surface area contributed by atoms with E-state index in [1.807, 2.05) is 24.3 Å². The Hall–Kier alpha value is -4.52. The van der Waals surface area contributed by atoms with Gasteiger partial charge in [0.25, 0.3) is 0 Å². The predicted molar refractivity (Wildman–Crippen MR) is 163 cm³/mol. The van der Waals surface area contributed by atoms with Crippen LogP contribution in [0.5, 0.6) is 0 Å². The van der Waals surface area contributed by atoms with Crippen LogP contribution in [0.25, 0.3) is 10.9 Å². The summed E-state index contributed by atoms with van der Waals surface area (Å²) in [5.41, 5.74) is 8.12. The van der Waals surface area contributed by atoms with Crippen molar-refractivity contribution in [2.75, 3.05) is 6.54 Å². The van der Waals surface area contributed by atoms with Crippen molar-refractivity contribution in [2.45, 2.75) is 83.1 Å². The smallest absolute Gasteiger partial charge is 0.305 e. The summed E-state index contributed by atoms with van der Waals surface area (Å²) in [7, 11) is 0. The van der Waals surface area contributed by atoms with Gasteiger partial charge in [0.05, 0.1) is 18.5 Å². The van der Waals surface area contributed by atoms with Crippen molar-refractivity contribution in [3.05, 3.63) is 48.2 Å². The van der Waals surface area contributed by atoms with Gasteiger partial charge in [-0.1, -0.05) is 37.6 Å². The van der Waals surface area contributed by atoms with Crippen LogP contribution < -0.4 is 21.7 Å². The number of nitrogens with two attached hydrogens (primary N) is 1. The first-order valence-electron chi connectivity index (χ1n) is 14.7. The fourth-order valence-corrected chi connectivity index (χ4v) is 5.35. The van der Waals surface area contributed by atoms with Gasteiger partial charge in [-0.05, 0) is 43.7 Å². The minimum absolute atomic E-state index is 0.0986. The van der Waals surface area contributed by atoms with Gasteiger partial charge in [0.15, 0.2) is 0 Å². The van der Waals surface area contributed by atoms with E-state index in [0.29, 0.717) is 24.7 Å². The molecule has 0 radical (unpaired) electrons. The van der Waals surface area contributed by atoms with E-state index in [1.54, 1.807) is 27.0 Å². The number of aromatic amines is 1. The second-order valence-corrected chi connectivity index (χ2v) is 11.7. The number of hydrogen-bond donors (Lipinski definition) is 6. The van der Waals surface area contributed by atoms with Crippen LogP contribution in [0.4, 0.5) is 0 Å². The van der Waals surface area contributed by atoms with Gasteiger partial charge in [-0.2, -0.15) is 0 Å². The minimum atomic E-state index is -1.29. The minimum Gasteiger partial charge on any atom is -0.481 e. The standard InChI is InChI=1S/C31H42N6O7/c1-17(2)12-24(28(41)34-20(16-38)13-19-15-33-23-9-6-5-8-21(19)23)35-30(43)27(18(3)4)36-29(42)25-10-7-11-37(25)31(44)22(32)14-26(39)40/h5-6,8-9,15-16,18,20,22,24-25,27,33H,1,7,10-14,32H2,2-4H3,(H,34,41)(H,35,43)(H,36,42)(H,39,40). The predicted octanol–water partition coefficient (Wildman–Crippen LogP) is 0.779. The van der Waals surface area contributed by atoms with E-state index in [1.165, 1.54) is 4.90 Å². The average Bonchev–Trinajstić information content (AvgIpc) is 3.61. The highest BCUT2D eigenvalue weighted by Gasteiger charge is 2.39. The number of H-pyrrole nitrogens is 1. The van der Waals surface area contributed by atoms with E-state index in [0.717, 1.165) is 16.5 Å². The molecule has 44 heavy (non-hydrogen) atoms. The Morgan fingerprint density at radius 1 is 1.11 bits per heavy atom. The number of aliphatic carboxylic acids is 1. The first-order chi connectivity index (χ1) is 20.8. The summed E-state index contributed by atoms with van der Waals surface area (Å²) in [6.07, 6.45) is 3.04. The second-order valence-electron chi connectivity index (χ2n) is 11.7. The molecule has 1 aliphatic heterocycles. The molecule has 1 fully saturated rings. The van der Waals surface area contributed by atoms with Crippen molar-refractivity contribution in [2.24, 2.45) is 11.7 Å². The lowest BCUT2D eigenvalue weighted by Gasteiger charge is -2.30. The Morgan fingerprint density at radius 2 is 1.82 bits per heavy atom. The molecule has 1 aromatic heterocycles. The van der Waals surface area contributed by atoms with Gasteiger partial charge in [-0.15, -0.1) is 6.58 Å². The van der Waals surface area contributed by atoms with Crippen LogP contribution in [-0.2, 0) is 35.2 Å². The molecule has 238 valence electrons. The van der Waals surface area contributed by atoms with Crippen molar-refractivity contribution < 1.29 is 33.9 Å².